The number of aliphatic hydroxyl groups is 3. The van der Waals surface area contributed by atoms with Crippen molar-refractivity contribution in [2.75, 3.05) is 33.1 Å². The molecule has 3 saturated carbocycles. The minimum absolute atomic E-state index is 0.0605. The van der Waals surface area contributed by atoms with Gasteiger partial charge >= 0.3 is 0 Å². The third-order valence-corrected chi connectivity index (χ3v) is 11.3. The molecule has 4 N–H and O–H groups in total. The van der Waals surface area contributed by atoms with E-state index in [1.165, 1.54) is 38.5 Å². The molecule has 4 atom stereocenters. The summed E-state index contributed by atoms with van der Waals surface area (Å²) in [6.07, 6.45) is 9.67. The summed E-state index contributed by atoms with van der Waals surface area (Å²) < 4.78 is 0. The zero-order chi connectivity index (χ0) is 31.2. The average Bonchev–Trinajstić information content (AvgIpc) is 3.69. The summed E-state index contributed by atoms with van der Waals surface area (Å²) >= 11 is 0. The van der Waals surface area contributed by atoms with Crippen molar-refractivity contribution < 1.29 is 34.8 Å². The third-order valence-electron chi connectivity index (χ3n) is 11.3. The number of aryl methyl sites for hydroxylation is 1. The molecule has 0 unspecified atom stereocenters. The number of rotatable bonds is 6. The lowest BCUT2D eigenvalue weighted by Crippen LogP contribution is -2.65. The molecule has 5 aliphatic carbocycles. The highest BCUT2D eigenvalue weighted by Crippen LogP contribution is 2.58. The number of carbonyl (C=O) groups is 3. The highest BCUT2D eigenvalue weighted by atomic mass is 16.3. The van der Waals surface area contributed by atoms with E-state index in [1.54, 1.807) is 19.0 Å². The SMILES string of the molecule is CC(=O)C1=C(O)[C@@]2(O)C(=O)C3=C(O)c4c(O)c(CCC5CCC6(CC5)CC6)cc(N(C)C)c4C[C@H]3C[C@H]2[C@H](N(C)C)C1=O. The van der Waals surface area contributed by atoms with Crippen LogP contribution in [-0.2, 0) is 27.2 Å². The molecule has 0 aliphatic heterocycles. The molecule has 1 spiro atoms. The van der Waals surface area contributed by atoms with Crippen molar-refractivity contribution in [3.05, 3.63) is 39.7 Å². The summed E-state index contributed by atoms with van der Waals surface area (Å²) in [7, 11) is 7.07. The number of Topliss-reactive ketones (excluding diaryl/α,β-unsaturated/α-hetero) is 3. The molecule has 1 aromatic rings. The fourth-order valence-electron chi connectivity index (χ4n) is 8.65. The number of phenolic OH excluding ortho intramolecular Hbond substituents is 1. The topological polar surface area (TPSA) is 139 Å². The first kappa shape index (κ1) is 29.9. The van der Waals surface area contributed by atoms with Gasteiger partial charge in [-0.3, -0.25) is 19.3 Å². The number of fused-ring (bicyclic) bond motifs is 3. The van der Waals surface area contributed by atoms with Crippen LogP contribution in [0.25, 0.3) is 5.76 Å². The Morgan fingerprint density at radius 2 is 1.67 bits per heavy atom. The van der Waals surface area contributed by atoms with Crippen molar-refractivity contribution in [1.82, 2.24) is 4.90 Å². The molecule has 43 heavy (non-hydrogen) atoms. The van der Waals surface area contributed by atoms with Crippen LogP contribution < -0.4 is 4.90 Å². The van der Waals surface area contributed by atoms with Crippen LogP contribution in [-0.4, -0.2) is 82.5 Å². The van der Waals surface area contributed by atoms with E-state index in [0.29, 0.717) is 35.3 Å². The molecule has 6 rings (SSSR count). The Balaban J connectivity index is 1.42. The van der Waals surface area contributed by atoms with Gasteiger partial charge in [-0.05, 0) is 120 Å². The fraction of sp³-hybridized carbons (Fsp3) is 0.618. The van der Waals surface area contributed by atoms with Gasteiger partial charge in [0.25, 0.3) is 0 Å². The second-order valence-corrected chi connectivity index (χ2v) is 14.3. The van der Waals surface area contributed by atoms with Crippen molar-refractivity contribution in [1.29, 1.82) is 0 Å². The normalized spacial score (nSPS) is 30.0. The molecule has 1 aromatic carbocycles. The lowest BCUT2D eigenvalue weighted by molar-refractivity contribution is -0.153. The van der Waals surface area contributed by atoms with Gasteiger partial charge in [0.2, 0.25) is 5.78 Å². The number of aliphatic hydroxyl groups excluding tert-OH is 2. The Bertz CT molecular complexity index is 1470. The standard InChI is InChI=1S/C34H44N2O7/c1-17(37)24-30(40)27(36(4)5)22-15-20-14-21-23(35(2)3)16-19(7-6-18-8-10-33(11-9-18)12-13-33)28(38)26(21)29(39)25(20)32(42)34(22,43)31(24)41/h16,18,20,22,27,38-39,41,43H,6-15H2,1-5H3/t20-,22-,27-,34+/m0/s1. The summed E-state index contributed by atoms with van der Waals surface area (Å²) in [5.41, 5.74) is -0.169. The van der Waals surface area contributed by atoms with E-state index in [1.807, 2.05) is 25.1 Å². The molecule has 0 heterocycles. The molecule has 0 bridgehead atoms. The monoisotopic (exact) mass is 592 g/mol. The Kier molecular flexibility index (Phi) is 7.08. The number of carbonyl (C=O) groups excluding carboxylic acids is 3. The number of ketones is 3. The van der Waals surface area contributed by atoms with Crippen molar-refractivity contribution in [3.8, 4) is 5.75 Å². The fourth-order valence-corrected chi connectivity index (χ4v) is 8.65. The van der Waals surface area contributed by atoms with E-state index in [0.717, 1.165) is 19.0 Å². The number of nitrogens with zero attached hydrogens (tertiary/aromatic N) is 2. The van der Waals surface area contributed by atoms with Crippen LogP contribution in [0.5, 0.6) is 5.75 Å². The summed E-state index contributed by atoms with van der Waals surface area (Å²) in [5.74, 6) is -4.73. The van der Waals surface area contributed by atoms with Crippen molar-refractivity contribution in [3.63, 3.8) is 0 Å². The van der Waals surface area contributed by atoms with Crippen LogP contribution in [0.1, 0.15) is 75.0 Å². The smallest absolute Gasteiger partial charge is 0.202 e. The number of hydrogen-bond donors (Lipinski definition) is 4. The number of benzene rings is 1. The van der Waals surface area contributed by atoms with Gasteiger partial charge in [0.15, 0.2) is 17.2 Å². The number of aromatic hydroxyl groups is 1. The van der Waals surface area contributed by atoms with E-state index in [9.17, 15) is 34.8 Å². The minimum atomic E-state index is -2.56. The molecule has 0 saturated heterocycles. The largest absolute Gasteiger partial charge is 0.508 e. The Labute approximate surface area is 252 Å². The van der Waals surface area contributed by atoms with Gasteiger partial charge in [0, 0.05) is 31.3 Å². The summed E-state index contributed by atoms with van der Waals surface area (Å²) in [6, 6.07) is 0.964. The lowest BCUT2D eigenvalue weighted by Gasteiger charge is -2.50. The first-order chi connectivity index (χ1) is 20.2. The Morgan fingerprint density at radius 3 is 2.23 bits per heavy atom. The van der Waals surface area contributed by atoms with Crippen LogP contribution in [0.15, 0.2) is 23.0 Å². The molecule has 0 radical (unpaired) electrons. The second kappa shape index (κ2) is 10.2. The molecular formula is C34H44N2O7. The second-order valence-electron chi connectivity index (χ2n) is 14.3. The van der Waals surface area contributed by atoms with E-state index >= 15 is 0 Å². The maximum absolute atomic E-state index is 14.2. The minimum Gasteiger partial charge on any atom is -0.508 e. The zero-order valence-electron chi connectivity index (χ0n) is 25.9. The van der Waals surface area contributed by atoms with Gasteiger partial charge in [-0.15, -0.1) is 0 Å². The van der Waals surface area contributed by atoms with Crippen LogP contribution in [0.4, 0.5) is 5.69 Å². The van der Waals surface area contributed by atoms with Gasteiger partial charge in [0.05, 0.1) is 11.6 Å². The van der Waals surface area contributed by atoms with Crippen molar-refractivity contribution in [2.45, 2.75) is 82.8 Å². The first-order valence-electron chi connectivity index (χ1n) is 15.6. The van der Waals surface area contributed by atoms with Gasteiger partial charge in [-0.1, -0.05) is 0 Å². The van der Waals surface area contributed by atoms with E-state index in [4.69, 9.17) is 0 Å². The van der Waals surface area contributed by atoms with Crippen LogP contribution in [0.2, 0.25) is 0 Å². The van der Waals surface area contributed by atoms with Gasteiger partial charge in [-0.25, -0.2) is 0 Å². The van der Waals surface area contributed by atoms with Crippen LogP contribution in [0.3, 0.4) is 0 Å². The molecule has 232 valence electrons. The predicted molar refractivity (Wildman–Crippen MR) is 162 cm³/mol. The average molecular weight is 593 g/mol. The summed E-state index contributed by atoms with van der Waals surface area (Å²) in [4.78, 5) is 43.5. The highest BCUT2D eigenvalue weighted by molar-refractivity contribution is 6.25. The predicted octanol–water partition coefficient (Wildman–Crippen LogP) is 4.04. The Hall–Kier alpha value is -3.17. The van der Waals surface area contributed by atoms with E-state index in [-0.39, 0.29) is 23.3 Å². The third kappa shape index (κ3) is 4.45. The maximum atomic E-state index is 14.2. The number of likely N-dealkylation sites (N-methyl/N-ethyl adjacent to an activating group) is 1. The number of phenols is 1. The molecule has 9 nitrogen and oxygen atoms in total. The zero-order valence-corrected chi connectivity index (χ0v) is 25.9. The molecule has 0 amide bonds. The maximum Gasteiger partial charge on any atom is 0.202 e. The van der Waals surface area contributed by atoms with Gasteiger partial charge in [0.1, 0.15) is 22.8 Å². The molecule has 9 heteroatoms. The lowest BCUT2D eigenvalue weighted by atomic mass is 9.57. The summed E-state index contributed by atoms with van der Waals surface area (Å²) in [6.45, 7) is 1.11. The molecule has 3 fully saturated rings. The molecular weight excluding hydrogens is 548 g/mol. The quantitative estimate of drug-likeness (QED) is 0.361. The van der Waals surface area contributed by atoms with Crippen LogP contribution >= 0.6 is 0 Å². The molecule has 5 aliphatic rings. The number of hydrogen-bond acceptors (Lipinski definition) is 9. The van der Waals surface area contributed by atoms with Crippen molar-refractivity contribution in [2.24, 2.45) is 23.2 Å². The van der Waals surface area contributed by atoms with E-state index in [2.05, 4.69) is 0 Å². The first-order valence-corrected chi connectivity index (χ1v) is 15.6. The van der Waals surface area contributed by atoms with Gasteiger partial charge < -0.3 is 25.3 Å². The van der Waals surface area contributed by atoms with Gasteiger partial charge in [-0.2, -0.15) is 0 Å². The number of anilines is 1. The molecule has 0 aromatic heterocycles. The van der Waals surface area contributed by atoms with Crippen molar-refractivity contribution >= 4 is 28.8 Å². The summed E-state index contributed by atoms with van der Waals surface area (Å²) in [5, 5.41) is 46.4. The highest BCUT2D eigenvalue weighted by Gasteiger charge is 2.64. The van der Waals surface area contributed by atoms with E-state index < -0.39 is 57.9 Å². The van der Waals surface area contributed by atoms with Crippen LogP contribution in [0, 0.1) is 23.2 Å². The Morgan fingerprint density at radius 1 is 1.02 bits per heavy atom.